The molecular weight excluding hydrogens is 390 g/mol. The Morgan fingerprint density at radius 1 is 1.17 bits per heavy atom. The van der Waals surface area contributed by atoms with Gasteiger partial charge in [0.1, 0.15) is 22.8 Å². The first kappa shape index (κ1) is 20.3. The predicted octanol–water partition coefficient (Wildman–Crippen LogP) is 1.07. The van der Waals surface area contributed by atoms with E-state index in [1.807, 2.05) is 0 Å². The molecule has 8 nitrogen and oxygen atoms in total. The average Bonchev–Trinajstić information content (AvgIpc) is 2.64. The molecule has 8 heteroatoms. The summed E-state index contributed by atoms with van der Waals surface area (Å²) in [6.07, 6.45) is 0.445. The molecule has 0 saturated heterocycles. The van der Waals surface area contributed by atoms with Gasteiger partial charge in [-0.3, -0.25) is 19.3 Å². The number of ketones is 3. The van der Waals surface area contributed by atoms with Gasteiger partial charge in [0.05, 0.1) is 11.6 Å². The summed E-state index contributed by atoms with van der Waals surface area (Å²) < 4.78 is 0. The van der Waals surface area contributed by atoms with E-state index in [0.717, 1.165) is 6.92 Å². The normalized spacial score (nSPS) is 30.9. The summed E-state index contributed by atoms with van der Waals surface area (Å²) in [5, 5.41) is 43.3. The smallest absolute Gasteiger partial charge is 0.202 e. The van der Waals surface area contributed by atoms with Crippen LogP contribution in [0.2, 0.25) is 0 Å². The van der Waals surface area contributed by atoms with Crippen molar-refractivity contribution in [3.8, 4) is 5.75 Å². The van der Waals surface area contributed by atoms with Crippen LogP contribution in [0.25, 0.3) is 5.76 Å². The highest BCUT2D eigenvalue weighted by atomic mass is 16.3. The lowest BCUT2D eigenvalue weighted by molar-refractivity contribution is -0.153. The van der Waals surface area contributed by atoms with Crippen LogP contribution in [0, 0.1) is 11.8 Å². The average molecular weight is 413 g/mol. The lowest BCUT2D eigenvalue weighted by atomic mass is 9.57. The molecule has 2 unspecified atom stereocenters. The van der Waals surface area contributed by atoms with Crippen LogP contribution >= 0.6 is 0 Å². The molecule has 0 heterocycles. The van der Waals surface area contributed by atoms with Crippen molar-refractivity contribution in [3.63, 3.8) is 0 Å². The van der Waals surface area contributed by atoms with Crippen molar-refractivity contribution >= 4 is 23.1 Å². The van der Waals surface area contributed by atoms with E-state index in [2.05, 4.69) is 0 Å². The molecule has 0 amide bonds. The topological polar surface area (TPSA) is 135 Å². The number of phenolic OH excluding ortho intramolecular Hbond substituents is 1. The van der Waals surface area contributed by atoms with Crippen molar-refractivity contribution in [2.45, 2.75) is 31.4 Å². The van der Waals surface area contributed by atoms with Crippen LogP contribution in [0.15, 0.2) is 35.1 Å². The van der Waals surface area contributed by atoms with Gasteiger partial charge in [-0.2, -0.15) is 0 Å². The Morgan fingerprint density at radius 2 is 1.83 bits per heavy atom. The van der Waals surface area contributed by atoms with E-state index in [1.165, 1.54) is 11.0 Å². The molecular formula is C22H23NO7. The molecule has 0 aromatic heterocycles. The van der Waals surface area contributed by atoms with Gasteiger partial charge < -0.3 is 20.4 Å². The van der Waals surface area contributed by atoms with E-state index >= 15 is 0 Å². The fourth-order valence-electron chi connectivity index (χ4n) is 5.28. The maximum Gasteiger partial charge on any atom is 0.202 e. The van der Waals surface area contributed by atoms with Crippen molar-refractivity contribution in [2.24, 2.45) is 11.8 Å². The molecule has 4 atom stereocenters. The maximum absolute atomic E-state index is 13.5. The molecule has 4 N–H and O–H groups in total. The summed E-state index contributed by atoms with van der Waals surface area (Å²) in [5.74, 6) is -5.48. The molecule has 30 heavy (non-hydrogen) atoms. The number of aromatic hydroxyl groups is 1. The van der Waals surface area contributed by atoms with E-state index in [9.17, 15) is 34.8 Å². The lowest BCUT2D eigenvalue weighted by Gasteiger charge is -2.50. The molecule has 1 saturated carbocycles. The van der Waals surface area contributed by atoms with Gasteiger partial charge in [0.15, 0.2) is 17.2 Å². The van der Waals surface area contributed by atoms with Gasteiger partial charge in [0.2, 0.25) is 5.78 Å². The van der Waals surface area contributed by atoms with Crippen LogP contribution in [-0.4, -0.2) is 68.4 Å². The fourth-order valence-corrected chi connectivity index (χ4v) is 5.28. The van der Waals surface area contributed by atoms with E-state index in [4.69, 9.17) is 0 Å². The summed E-state index contributed by atoms with van der Waals surface area (Å²) in [7, 11) is 3.20. The van der Waals surface area contributed by atoms with Gasteiger partial charge in [0, 0.05) is 11.5 Å². The van der Waals surface area contributed by atoms with Crippen molar-refractivity contribution < 1.29 is 34.8 Å². The second-order valence-corrected chi connectivity index (χ2v) is 8.46. The molecule has 3 aliphatic rings. The van der Waals surface area contributed by atoms with Crippen LogP contribution in [0.4, 0.5) is 0 Å². The SMILES string of the molecule is CC(=O)C1=C(O)[C@@]2(O)C(=O)C3=C(O)c4c(O)cccc4CC3CC2[C@H](N(C)C)C1=O. The molecule has 0 radical (unpaired) electrons. The van der Waals surface area contributed by atoms with Crippen LogP contribution in [0.3, 0.4) is 0 Å². The van der Waals surface area contributed by atoms with Gasteiger partial charge in [-0.25, -0.2) is 0 Å². The van der Waals surface area contributed by atoms with Gasteiger partial charge in [0.25, 0.3) is 0 Å². The zero-order valence-electron chi connectivity index (χ0n) is 16.8. The molecule has 4 rings (SSSR count). The minimum atomic E-state index is -2.52. The Hall–Kier alpha value is -2.97. The number of likely N-dealkylation sites (N-methyl/N-ethyl adjacent to an activating group) is 1. The number of hydrogen-bond donors (Lipinski definition) is 4. The standard InChI is InChI=1S/C22H23NO7/c1-9(24)14-19(27)17(23(2)3)12-8-11-7-10-5-4-6-13(25)15(10)18(26)16(11)21(29)22(12,30)20(14)28/h4-6,11-12,17,25-26,28,30H,7-8H2,1-3H3/t11?,12?,17-,22+/m0/s1. The molecule has 1 fully saturated rings. The maximum atomic E-state index is 13.5. The third kappa shape index (κ3) is 2.44. The summed E-state index contributed by atoms with van der Waals surface area (Å²) in [6, 6.07) is 3.75. The van der Waals surface area contributed by atoms with Crippen molar-refractivity contribution in [2.75, 3.05) is 14.1 Å². The third-order valence-corrected chi connectivity index (χ3v) is 6.56. The number of Topliss-reactive ketones (excluding diaryl/α,β-unsaturated/α-hetero) is 3. The largest absolute Gasteiger partial charge is 0.508 e. The number of fused-ring (bicyclic) bond motifs is 3. The molecule has 158 valence electrons. The third-order valence-electron chi connectivity index (χ3n) is 6.56. The Bertz CT molecular complexity index is 1070. The van der Waals surface area contributed by atoms with Crippen LogP contribution in [0.1, 0.15) is 24.5 Å². The first-order chi connectivity index (χ1) is 14.0. The summed E-state index contributed by atoms with van der Waals surface area (Å²) in [6.45, 7) is 1.08. The minimum absolute atomic E-state index is 0.107. The van der Waals surface area contributed by atoms with Crippen molar-refractivity contribution in [1.82, 2.24) is 4.90 Å². The molecule has 0 spiro atoms. The summed E-state index contributed by atoms with van der Waals surface area (Å²) >= 11 is 0. The number of hydrogen-bond acceptors (Lipinski definition) is 8. The number of carbonyl (C=O) groups excluding carboxylic acids is 3. The van der Waals surface area contributed by atoms with Crippen LogP contribution in [-0.2, 0) is 20.8 Å². The number of rotatable bonds is 2. The number of aliphatic hydroxyl groups excluding tert-OH is 2. The van der Waals surface area contributed by atoms with Gasteiger partial charge in [-0.15, -0.1) is 0 Å². The van der Waals surface area contributed by atoms with Crippen molar-refractivity contribution in [1.29, 1.82) is 0 Å². The van der Waals surface area contributed by atoms with E-state index in [-0.39, 0.29) is 23.3 Å². The van der Waals surface area contributed by atoms with Gasteiger partial charge >= 0.3 is 0 Å². The second-order valence-electron chi connectivity index (χ2n) is 8.46. The molecule has 1 aromatic carbocycles. The lowest BCUT2D eigenvalue weighted by Crippen LogP contribution is -2.65. The van der Waals surface area contributed by atoms with E-state index < -0.39 is 57.9 Å². The Kier molecular flexibility index (Phi) is 4.41. The number of aliphatic hydroxyl groups is 3. The van der Waals surface area contributed by atoms with E-state index in [0.29, 0.717) is 12.0 Å². The molecule has 1 aromatic rings. The zero-order valence-corrected chi connectivity index (χ0v) is 16.8. The number of carbonyl (C=O) groups is 3. The second kappa shape index (κ2) is 6.52. The summed E-state index contributed by atoms with van der Waals surface area (Å²) in [5.41, 5.74) is -2.47. The van der Waals surface area contributed by atoms with Crippen LogP contribution < -0.4 is 0 Å². The Labute approximate surface area is 172 Å². The monoisotopic (exact) mass is 413 g/mol. The van der Waals surface area contributed by atoms with Crippen LogP contribution in [0.5, 0.6) is 5.75 Å². The van der Waals surface area contributed by atoms with Crippen molar-refractivity contribution in [3.05, 3.63) is 46.2 Å². The molecule has 3 aliphatic carbocycles. The van der Waals surface area contributed by atoms with E-state index in [1.54, 1.807) is 26.2 Å². The Morgan fingerprint density at radius 3 is 2.43 bits per heavy atom. The highest BCUT2D eigenvalue weighted by molar-refractivity contribution is 6.25. The minimum Gasteiger partial charge on any atom is -0.508 e. The highest BCUT2D eigenvalue weighted by Gasteiger charge is 2.63. The highest BCUT2D eigenvalue weighted by Crippen LogP contribution is 2.52. The quantitative estimate of drug-likeness (QED) is 0.529. The molecule has 0 bridgehead atoms. The predicted molar refractivity (Wildman–Crippen MR) is 106 cm³/mol. The first-order valence-corrected chi connectivity index (χ1v) is 9.68. The fraction of sp³-hybridized carbons (Fsp3) is 0.409. The Balaban J connectivity index is 1.98. The number of phenols is 1. The molecule has 0 aliphatic heterocycles. The zero-order chi connectivity index (χ0) is 22.1. The first-order valence-electron chi connectivity index (χ1n) is 9.68. The number of nitrogens with zero attached hydrogens (tertiary/aromatic N) is 1. The number of benzene rings is 1. The van der Waals surface area contributed by atoms with Gasteiger partial charge in [-0.1, -0.05) is 12.1 Å². The van der Waals surface area contributed by atoms with Gasteiger partial charge in [-0.05, 0) is 51.4 Å². The summed E-state index contributed by atoms with van der Waals surface area (Å²) in [4.78, 5) is 40.1.